The number of hydrazine groups is 1. The molecule has 1 saturated heterocycles. The van der Waals surface area contributed by atoms with Gasteiger partial charge in [0.25, 0.3) is 5.91 Å². The second-order valence-corrected chi connectivity index (χ2v) is 6.44. The number of nitrogens with zero attached hydrogens (tertiary/aromatic N) is 1. The molecule has 6 heteroatoms. The van der Waals surface area contributed by atoms with Crippen LogP contribution in [-0.2, 0) is 4.79 Å². The van der Waals surface area contributed by atoms with Crippen LogP contribution >= 0.6 is 24.0 Å². The minimum atomic E-state index is -0.153. The van der Waals surface area contributed by atoms with Crippen LogP contribution in [0.3, 0.4) is 0 Å². The van der Waals surface area contributed by atoms with Crippen LogP contribution in [0.1, 0.15) is 5.56 Å². The molecule has 0 saturated carbocycles. The summed E-state index contributed by atoms with van der Waals surface area (Å²) in [6.45, 7) is 0. The molecule has 116 valence electrons. The lowest BCUT2D eigenvalue weighted by atomic mass is 10.2. The quantitative estimate of drug-likeness (QED) is 0.674. The summed E-state index contributed by atoms with van der Waals surface area (Å²) in [5, 5.41) is 1.39. The van der Waals surface area contributed by atoms with Crippen LogP contribution in [0.5, 0.6) is 5.75 Å². The molecule has 0 atom stereocenters. The number of carbonyl (C=O) groups excluding carboxylic acids is 1. The molecule has 23 heavy (non-hydrogen) atoms. The summed E-state index contributed by atoms with van der Waals surface area (Å²) >= 11 is 6.58. The number of anilines is 1. The van der Waals surface area contributed by atoms with E-state index in [1.165, 1.54) is 16.8 Å². The van der Waals surface area contributed by atoms with Crippen molar-refractivity contribution in [3.05, 3.63) is 65.1 Å². The van der Waals surface area contributed by atoms with Crippen molar-refractivity contribution in [2.24, 2.45) is 0 Å². The number of ether oxygens (including phenoxy) is 1. The van der Waals surface area contributed by atoms with Gasteiger partial charge in [0.05, 0.1) is 17.7 Å². The van der Waals surface area contributed by atoms with Gasteiger partial charge >= 0.3 is 0 Å². The van der Waals surface area contributed by atoms with Crippen molar-refractivity contribution >= 4 is 46.0 Å². The molecule has 3 rings (SSSR count). The lowest BCUT2D eigenvalue weighted by Crippen LogP contribution is -2.33. The average molecular weight is 342 g/mol. The molecule has 1 aliphatic heterocycles. The molecule has 2 aromatic carbocycles. The maximum atomic E-state index is 12.5. The van der Waals surface area contributed by atoms with Gasteiger partial charge in [0.15, 0.2) is 4.32 Å². The summed E-state index contributed by atoms with van der Waals surface area (Å²) in [5.74, 6) is 0.625. The van der Waals surface area contributed by atoms with Crippen molar-refractivity contribution in [2.75, 3.05) is 12.5 Å². The minimum absolute atomic E-state index is 0.153. The maximum absolute atomic E-state index is 12.5. The third kappa shape index (κ3) is 3.55. The number of para-hydroxylation sites is 1. The van der Waals surface area contributed by atoms with E-state index < -0.39 is 0 Å². The molecule has 0 aromatic heterocycles. The van der Waals surface area contributed by atoms with Crippen LogP contribution in [-0.4, -0.2) is 22.3 Å². The van der Waals surface area contributed by atoms with E-state index in [-0.39, 0.29) is 5.91 Å². The van der Waals surface area contributed by atoms with Gasteiger partial charge in [-0.2, -0.15) is 0 Å². The number of thiocarbonyl (C=S) groups is 1. The summed E-state index contributed by atoms with van der Waals surface area (Å²) in [7, 11) is 1.62. The third-order valence-corrected chi connectivity index (χ3v) is 4.52. The Hall–Kier alpha value is -2.31. The van der Waals surface area contributed by atoms with Gasteiger partial charge < -0.3 is 4.74 Å². The van der Waals surface area contributed by atoms with E-state index in [0.29, 0.717) is 9.23 Å². The van der Waals surface area contributed by atoms with Crippen molar-refractivity contribution in [2.45, 2.75) is 0 Å². The third-order valence-electron chi connectivity index (χ3n) is 3.22. The molecule has 1 N–H and O–H groups in total. The van der Waals surface area contributed by atoms with Crippen LogP contribution in [0.25, 0.3) is 6.08 Å². The molecule has 1 aliphatic rings. The lowest BCUT2D eigenvalue weighted by molar-refractivity contribution is -0.121. The monoisotopic (exact) mass is 342 g/mol. The van der Waals surface area contributed by atoms with Crippen LogP contribution in [0.2, 0.25) is 0 Å². The summed E-state index contributed by atoms with van der Waals surface area (Å²) in [4.78, 5) is 13.1. The minimum Gasteiger partial charge on any atom is -0.497 e. The van der Waals surface area contributed by atoms with E-state index in [1.54, 1.807) is 7.11 Å². The zero-order valence-corrected chi connectivity index (χ0v) is 14.0. The van der Waals surface area contributed by atoms with E-state index in [0.717, 1.165) is 17.0 Å². The zero-order valence-electron chi connectivity index (χ0n) is 12.4. The Morgan fingerprint density at radius 2 is 1.83 bits per heavy atom. The molecule has 1 fully saturated rings. The summed E-state index contributed by atoms with van der Waals surface area (Å²) in [6, 6.07) is 17.0. The number of hydrogen-bond donors (Lipinski definition) is 1. The highest BCUT2D eigenvalue weighted by Gasteiger charge is 2.32. The number of methoxy groups -OCH3 is 1. The highest BCUT2D eigenvalue weighted by Crippen LogP contribution is 2.32. The van der Waals surface area contributed by atoms with Crippen molar-refractivity contribution in [3.63, 3.8) is 0 Å². The van der Waals surface area contributed by atoms with E-state index >= 15 is 0 Å². The highest BCUT2D eigenvalue weighted by atomic mass is 32.2. The van der Waals surface area contributed by atoms with E-state index in [9.17, 15) is 4.79 Å². The van der Waals surface area contributed by atoms with Gasteiger partial charge in [-0.05, 0) is 48.1 Å². The first kappa shape index (κ1) is 15.6. The number of carbonyl (C=O) groups is 1. The fraction of sp³-hybridized carbons (Fsp3) is 0.0588. The van der Waals surface area contributed by atoms with Crippen LogP contribution in [0, 0.1) is 0 Å². The fourth-order valence-corrected chi connectivity index (χ4v) is 3.24. The van der Waals surface area contributed by atoms with Gasteiger partial charge in [-0.1, -0.05) is 42.1 Å². The van der Waals surface area contributed by atoms with Gasteiger partial charge in [0.2, 0.25) is 0 Å². The summed E-state index contributed by atoms with van der Waals surface area (Å²) < 4.78 is 5.61. The summed E-state index contributed by atoms with van der Waals surface area (Å²) in [6.07, 6.45) is 1.82. The summed E-state index contributed by atoms with van der Waals surface area (Å²) in [5.41, 5.74) is 4.77. The number of thioether (sulfide) groups is 1. The van der Waals surface area contributed by atoms with Crippen molar-refractivity contribution in [1.29, 1.82) is 0 Å². The van der Waals surface area contributed by atoms with Crippen LogP contribution < -0.4 is 10.2 Å². The normalized spacial score (nSPS) is 16.0. The maximum Gasteiger partial charge on any atom is 0.285 e. The predicted molar refractivity (Wildman–Crippen MR) is 98.1 cm³/mol. The number of nitrogens with one attached hydrogen (secondary N) is 1. The zero-order chi connectivity index (χ0) is 16.2. The van der Waals surface area contributed by atoms with Crippen LogP contribution in [0.4, 0.5) is 5.69 Å². The Kier molecular flexibility index (Phi) is 4.64. The highest BCUT2D eigenvalue weighted by molar-refractivity contribution is 8.26. The molecule has 1 heterocycles. The largest absolute Gasteiger partial charge is 0.497 e. The van der Waals surface area contributed by atoms with Crippen molar-refractivity contribution < 1.29 is 9.53 Å². The smallest absolute Gasteiger partial charge is 0.285 e. The van der Waals surface area contributed by atoms with Crippen LogP contribution in [0.15, 0.2) is 59.5 Å². The standard InChI is InChI=1S/C17H14N2O2S2/c1-21-14-9-7-12(8-10-14)11-15-16(20)19(17(22)23-15)18-13-5-3-2-4-6-13/h2-11,18H,1H3/b15-11-. The van der Waals surface area contributed by atoms with Crippen molar-refractivity contribution in [3.8, 4) is 5.75 Å². The predicted octanol–water partition coefficient (Wildman–Crippen LogP) is 3.92. The first-order valence-electron chi connectivity index (χ1n) is 6.91. The second kappa shape index (κ2) is 6.85. The number of hydrogen-bond acceptors (Lipinski definition) is 5. The Balaban J connectivity index is 1.78. The van der Waals surface area contributed by atoms with E-state index in [1.807, 2.05) is 60.7 Å². The molecular formula is C17H14N2O2S2. The first-order valence-corrected chi connectivity index (χ1v) is 8.13. The van der Waals surface area contributed by atoms with Crippen molar-refractivity contribution in [1.82, 2.24) is 5.01 Å². The molecule has 1 amide bonds. The average Bonchev–Trinajstić information content (AvgIpc) is 2.84. The number of amides is 1. The van der Waals surface area contributed by atoms with E-state index in [2.05, 4.69) is 5.43 Å². The van der Waals surface area contributed by atoms with Gasteiger partial charge in [-0.15, -0.1) is 0 Å². The van der Waals surface area contributed by atoms with Gasteiger partial charge in [-0.25, -0.2) is 5.01 Å². The Morgan fingerprint density at radius 3 is 2.48 bits per heavy atom. The van der Waals surface area contributed by atoms with Gasteiger partial charge in [0.1, 0.15) is 5.75 Å². The molecule has 0 aliphatic carbocycles. The molecular weight excluding hydrogens is 328 g/mol. The first-order chi connectivity index (χ1) is 11.2. The topological polar surface area (TPSA) is 41.6 Å². The molecule has 0 unspecified atom stereocenters. The SMILES string of the molecule is COc1ccc(/C=C2\SC(=S)N(Nc3ccccc3)C2=O)cc1. The molecule has 0 radical (unpaired) electrons. The second-order valence-electron chi connectivity index (χ2n) is 4.77. The number of benzene rings is 2. The molecule has 4 nitrogen and oxygen atoms in total. The molecule has 0 spiro atoms. The molecule has 0 bridgehead atoms. The Labute approximate surface area is 144 Å². The fourth-order valence-electron chi connectivity index (χ4n) is 2.06. The molecule has 2 aromatic rings. The van der Waals surface area contributed by atoms with E-state index in [4.69, 9.17) is 17.0 Å². The Bertz CT molecular complexity index is 758. The van der Waals surface area contributed by atoms with Gasteiger partial charge in [-0.3, -0.25) is 10.2 Å². The lowest BCUT2D eigenvalue weighted by Gasteiger charge is -2.16. The van der Waals surface area contributed by atoms with Gasteiger partial charge in [0, 0.05) is 0 Å². The number of rotatable bonds is 4. The Morgan fingerprint density at radius 1 is 1.13 bits per heavy atom.